The van der Waals surface area contributed by atoms with E-state index in [2.05, 4.69) is 0 Å². The summed E-state index contributed by atoms with van der Waals surface area (Å²) in [5, 5.41) is 0. The highest BCUT2D eigenvalue weighted by Gasteiger charge is 2.57. The number of fused-ring (bicyclic) bond motifs is 1. The predicted octanol–water partition coefficient (Wildman–Crippen LogP) is -2.05. The molecule has 6 heteroatoms. The van der Waals surface area contributed by atoms with E-state index in [1.54, 1.807) is 0 Å². The van der Waals surface area contributed by atoms with Crippen molar-refractivity contribution in [3.8, 4) is 0 Å². The molecule has 3 atom stereocenters. The summed E-state index contributed by atoms with van der Waals surface area (Å²) in [5.74, 6) is -2.82. The highest BCUT2D eigenvalue weighted by Crippen LogP contribution is 2.40. The molecule has 1 saturated carbocycles. The van der Waals surface area contributed by atoms with Crippen molar-refractivity contribution in [1.82, 2.24) is 0 Å². The average molecular weight is 188 g/mol. The zero-order chi connectivity index (χ0) is 9.85. The van der Waals surface area contributed by atoms with E-state index in [4.69, 9.17) is 32.4 Å². The van der Waals surface area contributed by atoms with Crippen LogP contribution in [0.2, 0.25) is 0 Å². The molecule has 3 unspecified atom stereocenters. The van der Waals surface area contributed by atoms with Crippen LogP contribution in [0.5, 0.6) is 0 Å². The van der Waals surface area contributed by atoms with Gasteiger partial charge in [0.25, 0.3) is 0 Å². The summed E-state index contributed by atoms with van der Waals surface area (Å²) < 4.78 is 10.7. The van der Waals surface area contributed by atoms with E-state index < -0.39 is 11.7 Å². The molecule has 0 aromatic rings. The zero-order valence-electron chi connectivity index (χ0n) is 7.57. The van der Waals surface area contributed by atoms with Crippen molar-refractivity contribution in [3.05, 3.63) is 0 Å². The fourth-order valence-electron chi connectivity index (χ4n) is 1.77. The highest BCUT2D eigenvalue weighted by atomic mass is 16.6. The lowest BCUT2D eigenvalue weighted by Crippen LogP contribution is -2.84. The molecule has 0 spiro atoms. The molecule has 6 nitrogen and oxygen atoms in total. The number of nitrogens with two attached hydrogens (primary N) is 4. The Kier molecular flexibility index (Phi) is 1.73. The van der Waals surface area contributed by atoms with E-state index in [-0.39, 0.29) is 12.2 Å². The van der Waals surface area contributed by atoms with Crippen LogP contribution in [0.1, 0.15) is 13.3 Å². The Balaban J connectivity index is 2.15. The minimum Gasteiger partial charge on any atom is -0.337 e. The maximum atomic E-state index is 5.58. The predicted molar refractivity (Wildman–Crippen MR) is 45.7 cm³/mol. The summed E-state index contributed by atoms with van der Waals surface area (Å²) >= 11 is 0. The number of rotatable bonds is 0. The van der Waals surface area contributed by atoms with Gasteiger partial charge in [0.05, 0.1) is 12.2 Å². The Labute approximate surface area is 76.5 Å². The smallest absolute Gasteiger partial charge is 0.229 e. The largest absolute Gasteiger partial charge is 0.337 e. The van der Waals surface area contributed by atoms with E-state index in [1.165, 1.54) is 0 Å². The first kappa shape index (κ1) is 9.32. The summed E-state index contributed by atoms with van der Waals surface area (Å²) in [6.45, 7) is 2.04. The molecular weight excluding hydrogens is 172 g/mol. The van der Waals surface area contributed by atoms with Crippen molar-refractivity contribution in [2.75, 3.05) is 0 Å². The summed E-state index contributed by atoms with van der Waals surface area (Å²) in [4.78, 5) is 0. The standard InChI is InChI=1S/C7H16N4O2/c1-3-2-4-5(3)13-7(10,11)6(8,9)12-4/h3-5H,2,8-11H2,1H3. The first-order chi connectivity index (χ1) is 5.83. The fraction of sp³-hybridized carbons (Fsp3) is 1.00. The van der Waals surface area contributed by atoms with Crippen LogP contribution in [0, 0.1) is 5.92 Å². The number of hydrogen-bond donors (Lipinski definition) is 4. The molecule has 0 bridgehead atoms. The highest BCUT2D eigenvalue weighted by molar-refractivity contribution is 5.00. The number of ether oxygens (including phenoxy) is 2. The maximum Gasteiger partial charge on any atom is 0.229 e. The third-order valence-electron chi connectivity index (χ3n) is 2.82. The van der Waals surface area contributed by atoms with Crippen molar-refractivity contribution in [2.24, 2.45) is 28.9 Å². The minimum absolute atomic E-state index is 0.0646. The Hall–Kier alpha value is -0.240. The second-order valence-corrected chi connectivity index (χ2v) is 4.04. The Bertz CT molecular complexity index is 231. The van der Waals surface area contributed by atoms with Crippen LogP contribution in [-0.4, -0.2) is 23.9 Å². The van der Waals surface area contributed by atoms with Crippen LogP contribution in [0.3, 0.4) is 0 Å². The second kappa shape index (κ2) is 2.41. The monoisotopic (exact) mass is 188 g/mol. The van der Waals surface area contributed by atoms with Crippen LogP contribution in [0.15, 0.2) is 0 Å². The number of hydrogen-bond acceptors (Lipinski definition) is 6. The molecule has 1 heterocycles. The first-order valence-electron chi connectivity index (χ1n) is 4.34. The molecule has 1 aliphatic carbocycles. The van der Waals surface area contributed by atoms with Gasteiger partial charge in [-0.15, -0.1) is 0 Å². The van der Waals surface area contributed by atoms with Crippen LogP contribution in [0.25, 0.3) is 0 Å². The molecule has 2 aliphatic rings. The van der Waals surface area contributed by atoms with Crippen molar-refractivity contribution >= 4 is 0 Å². The average Bonchev–Trinajstić information content (AvgIpc) is 1.97. The van der Waals surface area contributed by atoms with Gasteiger partial charge in [0.1, 0.15) is 0 Å². The Morgan fingerprint density at radius 2 is 1.62 bits per heavy atom. The van der Waals surface area contributed by atoms with Gasteiger partial charge in [-0.05, 0) is 12.3 Å². The van der Waals surface area contributed by atoms with E-state index in [9.17, 15) is 0 Å². The lowest BCUT2D eigenvalue weighted by atomic mass is 9.79. The van der Waals surface area contributed by atoms with Gasteiger partial charge in [0.2, 0.25) is 11.7 Å². The quantitative estimate of drug-likeness (QED) is 0.325. The second-order valence-electron chi connectivity index (χ2n) is 4.04. The van der Waals surface area contributed by atoms with Gasteiger partial charge in [-0.25, -0.2) is 0 Å². The molecular formula is C7H16N4O2. The topological polar surface area (TPSA) is 123 Å². The minimum atomic E-state index is -1.61. The molecule has 2 rings (SSSR count). The summed E-state index contributed by atoms with van der Waals surface area (Å²) in [7, 11) is 0. The van der Waals surface area contributed by atoms with Crippen LogP contribution < -0.4 is 22.9 Å². The summed E-state index contributed by atoms with van der Waals surface area (Å²) in [5.41, 5.74) is 22.3. The van der Waals surface area contributed by atoms with Crippen LogP contribution >= 0.6 is 0 Å². The van der Waals surface area contributed by atoms with Crippen LogP contribution in [0.4, 0.5) is 0 Å². The van der Waals surface area contributed by atoms with Gasteiger partial charge < -0.3 is 9.47 Å². The molecule has 76 valence electrons. The van der Waals surface area contributed by atoms with Gasteiger partial charge >= 0.3 is 0 Å². The molecule has 0 radical (unpaired) electrons. The maximum absolute atomic E-state index is 5.58. The third-order valence-corrected chi connectivity index (χ3v) is 2.82. The van der Waals surface area contributed by atoms with E-state index in [1.807, 2.05) is 6.92 Å². The van der Waals surface area contributed by atoms with Gasteiger partial charge in [-0.3, -0.25) is 22.9 Å². The third kappa shape index (κ3) is 1.18. The van der Waals surface area contributed by atoms with Crippen molar-refractivity contribution in [2.45, 2.75) is 37.3 Å². The van der Waals surface area contributed by atoms with E-state index in [0.29, 0.717) is 5.92 Å². The summed E-state index contributed by atoms with van der Waals surface area (Å²) in [6.07, 6.45) is 0.747. The zero-order valence-corrected chi connectivity index (χ0v) is 7.57. The van der Waals surface area contributed by atoms with Crippen molar-refractivity contribution in [3.63, 3.8) is 0 Å². The molecule has 13 heavy (non-hydrogen) atoms. The van der Waals surface area contributed by atoms with Gasteiger partial charge in [-0.2, -0.15) is 0 Å². The molecule has 0 aromatic carbocycles. The summed E-state index contributed by atoms with van der Waals surface area (Å²) in [6, 6.07) is 0. The van der Waals surface area contributed by atoms with Crippen LogP contribution in [-0.2, 0) is 9.47 Å². The van der Waals surface area contributed by atoms with Gasteiger partial charge in [0, 0.05) is 0 Å². The van der Waals surface area contributed by atoms with Gasteiger partial charge in [-0.1, -0.05) is 6.92 Å². The molecule has 1 aliphatic heterocycles. The lowest BCUT2D eigenvalue weighted by molar-refractivity contribution is -0.351. The molecule has 0 aromatic heterocycles. The molecule has 0 amide bonds. The lowest BCUT2D eigenvalue weighted by Gasteiger charge is -2.56. The molecule has 1 saturated heterocycles. The fourth-order valence-corrected chi connectivity index (χ4v) is 1.77. The van der Waals surface area contributed by atoms with Crippen molar-refractivity contribution in [1.29, 1.82) is 0 Å². The normalized spacial score (nSPS) is 46.4. The molecule has 8 N–H and O–H groups in total. The molecule has 2 fully saturated rings. The van der Waals surface area contributed by atoms with E-state index >= 15 is 0 Å². The Morgan fingerprint density at radius 1 is 1.08 bits per heavy atom. The first-order valence-corrected chi connectivity index (χ1v) is 4.34. The van der Waals surface area contributed by atoms with Gasteiger partial charge in [0.15, 0.2) is 0 Å². The van der Waals surface area contributed by atoms with Crippen molar-refractivity contribution < 1.29 is 9.47 Å². The SMILES string of the molecule is CC1CC2OC(N)(N)C(N)(N)OC12. The Morgan fingerprint density at radius 3 is 2.15 bits per heavy atom. The van der Waals surface area contributed by atoms with E-state index in [0.717, 1.165) is 6.42 Å².